The first-order valence-electron chi connectivity index (χ1n) is 16.1. The summed E-state index contributed by atoms with van der Waals surface area (Å²) < 4.78 is 5.63. The van der Waals surface area contributed by atoms with Crippen LogP contribution in [0.5, 0.6) is 0 Å². The molecule has 0 radical (unpaired) electrons. The van der Waals surface area contributed by atoms with Crippen LogP contribution < -0.4 is 10.2 Å². The van der Waals surface area contributed by atoms with Crippen LogP contribution in [0.2, 0.25) is 0 Å². The zero-order valence-corrected chi connectivity index (χ0v) is 27.8. The Morgan fingerprint density at radius 2 is 1.62 bits per heavy atom. The number of anilines is 1. The number of rotatable bonds is 19. The van der Waals surface area contributed by atoms with Gasteiger partial charge in [0.05, 0.1) is 12.5 Å². The molecule has 4 amide bonds. The number of urea groups is 1. The molecule has 2 rings (SSSR count). The van der Waals surface area contributed by atoms with Crippen LogP contribution in [0, 0.1) is 11.8 Å². The van der Waals surface area contributed by atoms with Gasteiger partial charge in [-0.2, -0.15) is 0 Å². The molecular weight excluding hydrogens is 576 g/mol. The van der Waals surface area contributed by atoms with Crippen LogP contribution in [0.3, 0.4) is 0 Å². The second kappa shape index (κ2) is 19.7. The number of nitrogens with zero attached hydrogens (tertiary/aromatic N) is 3. The number of Topliss-reactive ketones (excluding diaryl/α,β-unsaturated/α-hetero) is 3. The van der Waals surface area contributed by atoms with Gasteiger partial charge >= 0.3 is 6.03 Å². The summed E-state index contributed by atoms with van der Waals surface area (Å²) in [6.45, 7) is 5.71. The lowest BCUT2D eigenvalue weighted by Crippen LogP contribution is -2.38. The Kier molecular flexibility index (Phi) is 16.5. The highest BCUT2D eigenvalue weighted by atomic mass is 16.5. The molecule has 2 unspecified atom stereocenters. The average Bonchev–Trinajstić information content (AvgIpc) is 3.01. The maximum absolute atomic E-state index is 12.8. The zero-order valence-electron chi connectivity index (χ0n) is 27.8. The van der Waals surface area contributed by atoms with Gasteiger partial charge in [0.1, 0.15) is 23.8 Å². The van der Waals surface area contributed by atoms with E-state index in [1.165, 1.54) is 9.80 Å². The second-order valence-electron chi connectivity index (χ2n) is 12.1. The molecule has 1 saturated carbocycles. The Balaban J connectivity index is 1.60. The van der Waals surface area contributed by atoms with Crippen molar-refractivity contribution in [3.05, 3.63) is 29.8 Å². The Bertz CT molecular complexity index is 1150. The molecule has 0 spiro atoms. The molecule has 11 nitrogen and oxygen atoms in total. The van der Waals surface area contributed by atoms with Crippen molar-refractivity contribution in [2.75, 3.05) is 58.9 Å². The van der Waals surface area contributed by atoms with Gasteiger partial charge in [-0.15, -0.1) is 0 Å². The normalized spacial score (nSPS) is 15.2. The molecule has 1 aliphatic rings. The zero-order chi connectivity index (χ0) is 33.4. The molecular formula is C34H52N4O7. The highest BCUT2D eigenvalue weighted by Crippen LogP contribution is 2.23. The van der Waals surface area contributed by atoms with E-state index >= 15 is 0 Å². The number of nitrogens with one attached hydrogen (secondary N) is 1. The van der Waals surface area contributed by atoms with Crippen molar-refractivity contribution >= 4 is 40.9 Å². The first kappa shape index (κ1) is 37.6. The summed E-state index contributed by atoms with van der Waals surface area (Å²) in [6.07, 6.45) is 5.98. The highest BCUT2D eigenvalue weighted by Gasteiger charge is 2.28. The van der Waals surface area contributed by atoms with E-state index in [1.807, 2.05) is 6.92 Å². The number of unbranched alkanes of at least 4 members (excludes halogenated alkanes) is 1. The van der Waals surface area contributed by atoms with Gasteiger partial charge in [0, 0.05) is 71.8 Å². The number of benzene rings is 1. The minimum absolute atomic E-state index is 0.0414. The number of amides is 4. The van der Waals surface area contributed by atoms with Crippen molar-refractivity contribution in [1.82, 2.24) is 15.1 Å². The Morgan fingerprint density at radius 1 is 0.911 bits per heavy atom. The maximum atomic E-state index is 12.8. The van der Waals surface area contributed by atoms with Gasteiger partial charge < -0.3 is 24.8 Å². The molecule has 0 saturated heterocycles. The van der Waals surface area contributed by atoms with Gasteiger partial charge in [0.2, 0.25) is 11.8 Å². The molecule has 1 aromatic carbocycles. The summed E-state index contributed by atoms with van der Waals surface area (Å²) in [7, 11) is 4.96. The van der Waals surface area contributed by atoms with E-state index in [-0.39, 0.29) is 54.0 Å². The maximum Gasteiger partial charge on any atom is 0.317 e. The number of carbonyl (C=O) groups excluding carboxylic acids is 6. The lowest BCUT2D eigenvalue weighted by Gasteiger charge is -2.21. The third kappa shape index (κ3) is 13.5. The predicted molar refractivity (Wildman–Crippen MR) is 173 cm³/mol. The van der Waals surface area contributed by atoms with Gasteiger partial charge in [0.25, 0.3) is 0 Å². The molecule has 0 bridgehead atoms. The van der Waals surface area contributed by atoms with Crippen LogP contribution in [0.4, 0.5) is 10.5 Å². The van der Waals surface area contributed by atoms with Gasteiger partial charge in [-0.05, 0) is 56.7 Å². The van der Waals surface area contributed by atoms with Crippen LogP contribution in [-0.2, 0) is 35.1 Å². The number of hydrogen-bond donors (Lipinski definition) is 1. The van der Waals surface area contributed by atoms with E-state index in [2.05, 4.69) is 5.32 Å². The summed E-state index contributed by atoms with van der Waals surface area (Å²) in [5.41, 5.74) is 1.40. The van der Waals surface area contributed by atoms with Crippen LogP contribution in [-0.4, -0.2) is 99.0 Å². The molecule has 45 heavy (non-hydrogen) atoms. The van der Waals surface area contributed by atoms with Crippen molar-refractivity contribution in [1.29, 1.82) is 0 Å². The van der Waals surface area contributed by atoms with Crippen LogP contribution >= 0.6 is 0 Å². The van der Waals surface area contributed by atoms with E-state index < -0.39 is 5.92 Å². The molecule has 2 atom stereocenters. The Hall–Kier alpha value is -3.60. The number of carbonyl (C=O) groups is 6. The third-order valence-corrected chi connectivity index (χ3v) is 8.48. The minimum Gasteiger partial charge on any atom is -0.380 e. The number of ketones is 3. The fourth-order valence-electron chi connectivity index (χ4n) is 5.05. The third-order valence-electron chi connectivity index (χ3n) is 8.48. The molecule has 1 N–H and O–H groups in total. The van der Waals surface area contributed by atoms with Gasteiger partial charge in [-0.25, -0.2) is 4.79 Å². The first-order valence-corrected chi connectivity index (χ1v) is 16.1. The van der Waals surface area contributed by atoms with E-state index in [4.69, 9.17) is 4.74 Å². The van der Waals surface area contributed by atoms with E-state index in [9.17, 15) is 28.8 Å². The van der Waals surface area contributed by atoms with E-state index in [0.717, 1.165) is 37.7 Å². The van der Waals surface area contributed by atoms with Gasteiger partial charge in [-0.1, -0.05) is 31.9 Å². The molecule has 11 heteroatoms. The summed E-state index contributed by atoms with van der Waals surface area (Å²) in [6, 6.07) is 6.89. The van der Waals surface area contributed by atoms with Crippen molar-refractivity contribution in [3.8, 4) is 0 Å². The summed E-state index contributed by atoms with van der Waals surface area (Å²) >= 11 is 0. The van der Waals surface area contributed by atoms with Crippen LogP contribution in [0.1, 0.15) is 77.2 Å². The summed E-state index contributed by atoms with van der Waals surface area (Å²) in [4.78, 5) is 78.0. The molecule has 1 aromatic rings. The van der Waals surface area contributed by atoms with Crippen LogP contribution in [0.25, 0.3) is 0 Å². The summed E-state index contributed by atoms with van der Waals surface area (Å²) in [5, 5.41) is 2.88. The topological polar surface area (TPSA) is 133 Å². The smallest absolute Gasteiger partial charge is 0.317 e. The highest BCUT2D eigenvalue weighted by molar-refractivity contribution is 6.05. The van der Waals surface area contributed by atoms with Crippen molar-refractivity contribution < 1.29 is 33.5 Å². The molecule has 0 aromatic heterocycles. The Morgan fingerprint density at radius 3 is 2.29 bits per heavy atom. The fourth-order valence-corrected chi connectivity index (χ4v) is 5.05. The molecule has 1 fully saturated rings. The van der Waals surface area contributed by atoms with Crippen LogP contribution in [0.15, 0.2) is 24.3 Å². The minimum atomic E-state index is -0.494. The van der Waals surface area contributed by atoms with E-state index in [0.29, 0.717) is 57.8 Å². The lowest BCUT2D eigenvalue weighted by molar-refractivity contribution is -0.135. The fraction of sp³-hybridized carbons (Fsp3) is 0.647. The number of ether oxygens (including phenoxy) is 1. The largest absolute Gasteiger partial charge is 0.380 e. The monoisotopic (exact) mass is 628 g/mol. The molecule has 0 heterocycles. The molecule has 0 aliphatic heterocycles. The van der Waals surface area contributed by atoms with Gasteiger partial charge in [-0.3, -0.25) is 24.0 Å². The SMILES string of the molecule is CC(=O)C(C)CCCCNC(=O)N(C)CCCOCCN(C)C(=O)CC(=O)N(C)c1ccc(CC(=O)C2CCCCC2=O)cc1. The standard InChI is InChI=1S/C34H52N4O7/c1-25(26(2)39)11-8-9-18-35-34(44)37(4)19-10-21-45-22-20-36(3)32(42)24-33(43)38(5)28-16-14-27(15-17-28)23-31(41)29-12-6-7-13-30(29)40/h14-17,25,29H,6-13,18-24H2,1-5H3,(H,35,44). The molecule has 250 valence electrons. The van der Waals surface area contributed by atoms with Crippen molar-refractivity contribution in [3.63, 3.8) is 0 Å². The second-order valence-corrected chi connectivity index (χ2v) is 12.1. The Labute approximate surface area is 268 Å². The predicted octanol–water partition coefficient (Wildman–Crippen LogP) is 3.81. The van der Waals surface area contributed by atoms with Crippen molar-refractivity contribution in [2.24, 2.45) is 11.8 Å². The first-order chi connectivity index (χ1) is 21.4. The number of likely N-dealkylation sites (N-methyl/N-ethyl adjacent to an activating group) is 1. The van der Waals surface area contributed by atoms with E-state index in [1.54, 1.807) is 57.2 Å². The van der Waals surface area contributed by atoms with Gasteiger partial charge in [0.15, 0.2) is 0 Å². The lowest BCUT2D eigenvalue weighted by atomic mass is 9.83. The summed E-state index contributed by atoms with van der Waals surface area (Å²) in [5.74, 6) is -0.917. The van der Waals surface area contributed by atoms with Crippen molar-refractivity contribution in [2.45, 2.75) is 78.1 Å². The average molecular weight is 629 g/mol. The number of hydrogen-bond acceptors (Lipinski definition) is 7. The molecule has 1 aliphatic carbocycles. The quantitative estimate of drug-likeness (QED) is 0.182.